The monoisotopic (exact) mass is 344 g/mol. The zero-order chi connectivity index (χ0) is 14.8. The minimum absolute atomic E-state index is 0.0964. The molecular weight excluding hydrogens is 332 g/mol. The molecule has 0 aliphatic carbocycles. The minimum atomic E-state index is 0.0964. The van der Waals surface area contributed by atoms with Crippen LogP contribution < -0.4 is 4.74 Å². The predicted octanol–water partition coefficient (Wildman–Crippen LogP) is 4.40. The largest absolute Gasteiger partial charge is 0.497 e. The fraction of sp³-hybridized carbons (Fsp3) is 0.0625. The van der Waals surface area contributed by atoms with Crippen molar-refractivity contribution < 1.29 is 9.84 Å². The van der Waals surface area contributed by atoms with Gasteiger partial charge in [-0.05, 0) is 42.5 Å². The molecule has 0 fully saturated rings. The van der Waals surface area contributed by atoms with Gasteiger partial charge in [0.25, 0.3) is 0 Å². The number of aliphatic imine (C=N–C) groups is 1. The Morgan fingerprint density at radius 1 is 1.19 bits per heavy atom. The Hall–Kier alpha value is -2.27. The summed E-state index contributed by atoms with van der Waals surface area (Å²) in [6.45, 7) is 0. The van der Waals surface area contributed by atoms with Crippen LogP contribution in [0.3, 0.4) is 0 Å². The fourth-order valence-electron chi connectivity index (χ4n) is 2.10. The van der Waals surface area contributed by atoms with E-state index in [4.69, 9.17) is 4.74 Å². The van der Waals surface area contributed by atoms with Crippen LogP contribution in [0.15, 0.2) is 51.9 Å². The highest BCUT2D eigenvalue weighted by molar-refractivity contribution is 9.10. The summed E-state index contributed by atoms with van der Waals surface area (Å²) in [6.07, 6.45) is 1.65. The number of fused-ring (bicyclic) bond motifs is 1. The highest BCUT2D eigenvalue weighted by atomic mass is 79.9. The van der Waals surface area contributed by atoms with Crippen LogP contribution in [0.5, 0.6) is 11.6 Å². The lowest BCUT2D eigenvalue weighted by molar-refractivity contribution is 0.415. The minimum Gasteiger partial charge on any atom is -0.497 e. The van der Waals surface area contributed by atoms with Crippen molar-refractivity contribution >= 4 is 38.7 Å². The van der Waals surface area contributed by atoms with E-state index in [-0.39, 0.29) is 5.88 Å². The molecule has 0 radical (unpaired) electrons. The number of methoxy groups -OCH3 is 1. The first-order valence-corrected chi connectivity index (χ1v) is 7.15. The van der Waals surface area contributed by atoms with Crippen molar-refractivity contribution in [3.05, 3.63) is 52.5 Å². The van der Waals surface area contributed by atoms with E-state index in [2.05, 4.69) is 25.9 Å². The SMILES string of the molecule is COc1ccc2[nH]c(O)c(C=Nc3ccc(Br)cc3)c2c1. The Kier molecular flexibility index (Phi) is 3.66. The summed E-state index contributed by atoms with van der Waals surface area (Å²) in [6, 6.07) is 13.2. The van der Waals surface area contributed by atoms with E-state index in [1.165, 1.54) is 0 Å². The number of aromatic hydroxyl groups is 1. The molecule has 0 amide bonds. The zero-order valence-corrected chi connectivity index (χ0v) is 12.9. The third-order valence-corrected chi connectivity index (χ3v) is 3.72. The average Bonchev–Trinajstić information content (AvgIpc) is 2.81. The van der Waals surface area contributed by atoms with Gasteiger partial charge in [-0.3, -0.25) is 4.99 Å². The number of rotatable bonds is 3. The van der Waals surface area contributed by atoms with Gasteiger partial charge in [0.05, 0.1) is 18.4 Å². The summed E-state index contributed by atoms with van der Waals surface area (Å²) >= 11 is 3.38. The molecular formula is C16H13BrN2O2. The van der Waals surface area contributed by atoms with Gasteiger partial charge in [0, 0.05) is 21.6 Å². The van der Waals surface area contributed by atoms with Crippen molar-refractivity contribution in [1.82, 2.24) is 4.98 Å². The van der Waals surface area contributed by atoms with E-state index in [9.17, 15) is 5.11 Å². The summed E-state index contributed by atoms with van der Waals surface area (Å²) in [5.41, 5.74) is 2.30. The molecule has 4 nitrogen and oxygen atoms in total. The first kappa shape index (κ1) is 13.7. The lowest BCUT2D eigenvalue weighted by Gasteiger charge is -1.99. The smallest absolute Gasteiger partial charge is 0.198 e. The van der Waals surface area contributed by atoms with Gasteiger partial charge in [-0.2, -0.15) is 0 Å². The molecule has 2 N–H and O–H groups in total. The van der Waals surface area contributed by atoms with Gasteiger partial charge in [-0.25, -0.2) is 0 Å². The van der Waals surface area contributed by atoms with E-state index in [0.717, 1.165) is 26.8 Å². The second kappa shape index (κ2) is 5.61. The fourth-order valence-corrected chi connectivity index (χ4v) is 2.37. The van der Waals surface area contributed by atoms with Crippen LogP contribution in [0.4, 0.5) is 5.69 Å². The van der Waals surface area contributed by atoms with E-state index in [1.54, 1.807) is 13.3 Å². The Balaban J connectivity index is 2.03. The van der Waals surface area contributed by atoms with Gasteiger partial charge in [-0.15, -0.1) is 0 Å². The number of ether oxygens (including phenoxy) is 1. The molecule has 0 unspecified atom stereocenters. The number of halogens is 1. The van der Waals surface area contributed by atoms with E-state index in [0.29, 0.717) is 5.56 Å². The maximum atomic E-state index is 10.0. The molecule has 0 bridgehead atoms. The van der Waals surface area contributed by atoms with Gasteiger partial charge < -0.3 is 14.8 Å². The summed E-state index contributed by atoms with van der Waals surface area (Å²) in [5, 5.41) is 10.9. The predicted molar refractivity (Wildman–Crippen MR) is 87.9 cm³/mol. The second-order valence-electron chi connectivity index (χ2n) is 4.53. The molecule has 2 aromatic carbocycles. The molecule has 1 heterocycles. The van der Waals surface area contributed by atoms with Gasteiger partial charge in [-0.1, -0.05) is 15.9 Å². The molecule has 0 spiro atoms. The number of nitrogens with one attached hydrogen (secondary N) is 1. The van der Waals surface area contributed by atoms with Crippen LogP contribution in [-0.4, -0.2) is 23.4 Å². The molecule has 0 aliphatic heterocycles. The number of hydrogen-bond donors (Lipinski definition) is 2. The lowest BCUT2D eigenvalue weighted by Crippen LogP contribution is -1.83. The second-order valence-corrected chi connectivity index (χ2v) is 5.45. The number of aromatic nitrogens is 1. The first-order valence-electron chi connectivity index (χ1n) is 6.35. The summed E-state index contributed by atoms with van der Waals surface area (Å²) in [7, 11) is 1.61. The average molecular weight is 345 g/mol. The van der Waals surface area contributed by atoms with Crippen LogP contribution in [-0.2, 0) is 0 Å². The summed E-state index contributed by atoms with van der Waals surface area (Å²) in [4.78, 5) is 7.31. The first-order chi connectivity index (χ1) is 10.2. The van der Waals surface area contributed by atoms with Crippen LogP contribution in [0.1, 0.15) is 5.56 Å². The standard InChI is InChI=1S/C16H13BrN2O2/c1-21-12-6-7-15-13(8-12)14(16(20)19-15)9-18-11-4-2-10(17)3-5-11/h2-9,19-20H,1H3. The number of benzene rings is 2. The van der Waals surface area contributed by atoms with Crippen molar-refractivity contribution in [2.24, 2.45) is 4.99 Å². The van der Waals surface area contributed by atoms with Crippen molar-refractivity contribution in [3.8, 4) is 11.6 Å². The topological polar surface area (TPSA) is 57.6 Å². The number of H-pyrrole nitrogens is 1. The van der Waals surface area contributed by atoms with Crippen LogP contribution in [0.25, 0.3) is 10.9 Å². The molecule has 0 atom stereocenters. The highest BCUT2D eigenvalue weighted by Crippen LogP contribution is 2.29. The summed E-state index contributed by atoms with van der Waals surface area (Å²) < 4.78 is 6.22. The van der Waals surface area contributed by atoms with Crippen molar-refractivity contribution in [3.63, 3.8) is 0 Å². The van der Waals surface area contributed by atoms with E-state index in [1.807, 2.05) is 42.5 Å². The quantitative estimate of drug-likeness (QED) is 0.692. The molecule has 21 heavy (non-hydrogen) atoms. The zero-order valence-electron chi connectivity index (χ0n) is 11.3. The molecule has 3 rings (SSSR count). The van der Waals surface area contributed by atoms with Crippen LogP contribution in [0, 0.1) is 0 Å². The van der Waals surface area contributed by atoms with Gasteiger partial charge in [0.1, 0.15) is 5.75 Å². The van der Waals surface area contributed by atoms with Gasteiger partial charge in [0.2, 0.25) is 0 Å². The normalized spacial score (nSPS) is 11.3. The summed E-state index contributed by atoms with van der Waals surface area (Å²) in [5.74, 6) is 0.832. The third-order valence-electron chi connectivity index (χ3n) is 3.19. The Morgan fingerprint density at radius 3 is 2.67 bits per heavy atom. The van der Waals surface area contributed by atoms with E-state index < -0.39 is 0 Å². The van der Waals surface area contributed by atoms with E-state index >= 15 is 0 Å². The molecule has 0 aliphatic rings. The van der Waals surface area contributed by atoms with Crippen molar-refractivity contribution in [2.45, 2.75) is 0 Å². The van der Waals surface area contributed by atoms with Crippen molar-refractivity contribution in [1.29, 1.82) is 0 Å². The van der Waals surface area contributed by atoms with Gasteiger partial charge in [0.15, 0.2) is 5.88 Å². The van der Waals surface area contributed by atoms with Gasteiger partial charge >= 0.3 is 0 Å². The highest BCUT2D eigenvalue weighted by Gasteiger charge is 2.09. The lowest BCUT2D eigenvalue weighted by atomic mass is 10.1. The van der Waals surface area contributed by atoms with Crippen molar-refractivity contribution in [2.75, 3.05) is 7.11 Å². The number of nitrogens with zero attached hydrogens (tertiary/aromatic N) is 1. The Morgan fingerprint density at radius 2 is 1.95 bits per heavy atom. The Labute approximate surface area is 130 Å². The maximum absolute atomic E-state index is 10.0. The molecule has 3 aromatic rings. The molecule has 5 heteroatoms. The number of aromatic amines is 1. The third kappa shape index (κ3) is 2.78. The molecule has 0 saturated carbocycles. The Bertz CT molecular complexity index is 807. The van der Waals surface area contributed by atoms with Crippen LogP contribution >= 0.6 is 15.9 Å². The molecule has 0 saturated heterocycles. The molecule has 106 valence electrons. The van der Waals surface area contributed by atoms with Crippen LogP contribution in [0.2, 0.25) is 0 Å². The number of hydrogen-bond acceptors (Lipinski definition) is 3. The molecule has 1 aromatic heterocycles. The maximum Gasteiger partial charge on any atom is 0.198 e.